The van der Waals surface area contributed by atoms with Crippen molar-refractivity contribution in [3.8, 4) is 11.8 Å². The summed E-state index contributed by atoms with van der Waals surface area (Å²) in [6, 6.07) is 14.5. The summed E-state index contributed by atoms with van der Waals surface area (Å²) in [5.41, 5.74) is 1.21. The highest BCUT2D eigenvalue weighted by atomic mass is 32.1. The van der Waals surface area contributed by atoms with E-state index in [-0.39, 0.29) is 0 Å². The van der Waals surface area contributed by atoms with Crippen LogP contribution in [0, 0.1) is 11.3 Å². The average Bonchev–Trinajstić information content (AvgIpc) is 2.94. The smallest absolute Gasteiger partial charge is 0.122 e. The van der Waals surface area contributed by atoms with Crippen LogP contribution in [0.3, 0.4) is 0 Å². The highest BCUT2D eigenvalue weighted by Gasteiger charge is 2.08. The van der Waals surface area contributed by atoms with Gasteiger partial charge in [-0.15, -0.1) is 11.3 Å². The van der Waals surface area contributed by atoms with E-state index in [2.05, 4.69) is 24.4 Å². The van der Waals surface area contributed by atoms with Crippen molar-refractivity contribution in [2.24, 2.45) is 0 Å². The third-order valence-electron chi connectivity index (χ3n) is 3.12. The molecule has 1 aromatic heterocycles. The molecular formula is C16H18N2OS. The molecule has 2 rings (SSSR count). The maximum Gasteiger partial charge on any atom is 0.122 e. The second-order valence-corrected chi connectivity index (χ2v) is 5.84. The topological polar surface area (TPSA) is 45.0 Å². The number of hydrogen-bond donors (Lipinski definition) is 1. The van der Waals surface area contributed by atoms with Gasteiger partial charge >= 0.3 is 0 Å². The van der Waals surface area contributed by atoms with E-state index in [1.54, 1.807) is 18.4 Å². The summed E-state index contributed by atoms with van der Waals surface area (Å²) in [7, 11) is 1.70. The molecule has 0 amide bonds. The maximum atomic E-state index is 8.81. The van der Waals surface area contributed by atoms with Gasteiger partial charge < -0.3 is 10.1 Å². The maximum absolute atomic E-state index is 8.81. The quantitative estimate of drug-likeness (QED) is 0.885. The van der Waals surface area contributed by atoms with Gasteiger partial charge in [0.1, 0.15) is 16.7 Å². The van der Waals surface area contributed by atoms with E-state index in [0.29, 0.717) is 6.04 Å². The molecule has 3 nitrogen and oxygen atoms in total. The van der Waals surface area contributed by atoms with Crippen molar-refractivity contribution in [3.63, 3.8) is 0 Å². The van der Waals surface area contributed by atoms with Gasteiger partial charge in [0, 0.05) is 17.5 Å². The molecule has 0 saturated carbocycles. The minimum atomic E-state index is 0.346. The Bertz CT molecular complexity index is 601. The molecule has 1 aromatic carbocycles. The summed E-state index contributed by atoms with van der Waals surface area (Å²) < 4.78 is 5.37. The van der Waals surface area contributed by atoms with Crippen LogP contribution in [0.4, 0.5) is 0 Å². The second-order valence-electron chi connectivity index (χ2n) is 4.68. The van der Waals surface area contributed by atoms with Crippen LogP contribution in [0.2, 0.25) is 0 Å². The summed E-state index contributed by atoms with van der Waals surface area (Å²) in [4.78, 5) is 1.95. The summed E-state index contributed by atoms with van der Waals surface area (Å²) in [6.45, 7) is 2.95. The van der Waals surface area contributed by atoms with Crippen LogP contribution in [0.5, 0.6) is 5.75 Å². The van der Waals surface area contributed by atoms with Crippen molar-refractivity contribution in [1.29, 1.82) is 5.26 Å². The lowest BCUT2D eigenvalue weighted by Gasteiger charge is -2.15. The van der Waals surface area contributed by atoms with Crippen molar-refractivity contribution in [2.75, 3.05) is 7.11 Å². The molecule has 0 aliphatic heterocycles. The molecule has 0 aliphatic carbocycles. The fraction of sp³-hybridized carbons (Fsp3) is 0.312. The van der Waals surface area contributed by atoms with Gasteiger partial charge in [0.2, 0.25) is 0 Å². The van der Waals surface area contributed by atoms with Crippen molar-refractivity contribution in [3.05, 3.63) is 51.7 Å². The van der Waals surface area contributed by atoms with Gasteiger partial charge in [-0.3, -0.25) is 0 Å². The van der Waals surface area contributed by atoms with E-state index < -0.39 is 0 Å². The molecule has 1 N–H and O–H groups in total. The number of nitriles is 1. The fourth-order valence-corrected chi connectivity index (χ4v) is 2.84. The minimum Gasteiger partial charge on any atom is -0.496 e. The molecule has 0 saturated heterocycles. The second kappa shape index (κ2) is 7.09. The van der Waals surface area contributed by atoms with E-state index in [4.69, 9.17) is 10.00 Å². The van der Waals surface area contributed by atoms with Gasteiger partial charge in [0.25, 0.3) is 0 Å². The Labute approximate surface area is 123 Å². The van der Waals surface area contributed by atoms with Crippen molar-refractivity contribution in [1.82, 2.24) is 5.32 Å². The number of rotatable bonds is 6. The number of thiophene rings is 1. The summed E-state index contributed by atoms with van der Waals surface area (Å²) >= 11 is 1.54. The number of benzene rings is 1. The molecule has 0 aliphatic rings. The SMILES string of the molecule is COc1ccccc1CC(C)NCc1ccc(C#N)s1. The lowest BCUT2D eigenvalue weighted by Crippen LogP contribution is -2.27. The Morgan fingerprint density at radius 3 is 2.80 bits per heavy atom. The van der Waals surface area contributed by atoms with E-state index >= 15 is 0 Å². The molecule has 20 heavy (non-hydrogen) atoms. The Morgan fingerprint density at radius 2 is 2.10 bits per heavy atom. The van der Waals surface area contributed by atoms with E-state index in [1.807, 2.05) is 30.3 Å². The normalized spacial score (nSPS) is 11.8. The molecule has 104 valence electrons. The molecule has 1 atom stereocenters. The molecule has 0 radical (unpaired) electrons. The van der Waals surface area contributed by atoms with Crippen LogP contribution in [0.15, 0.2) is 36.4 Å². The molecule has 1 unspecified atom stereocenters. The number of nitrogens with one attached hydrogen (secondary N) is 1. The van der Waals surface area contributed by atoms with Gasteiger partial charge in [-0.05, 0) is 37.1 Å². The lowest BCUT2D eigenvalue weighted by molar-refractivity contribution is 0.406. The molecule has 0 fully saturated rings. The number of hydrogen-bond acceptors (Lipinski definition) is 4. The standard InChI is InChI=1S/C16H18N2OS/c1-12(9-13-5-3-4-6-16(13)19-2)18-11-15-8-7-14(10-17)20-15/h3-8,12,18H,9,11H2,1-2H3. The first kappa shape index (κ1) is 14.6. The zero-order chi connectivity index (χ0) is 14.4. The lowest BCUT2D eigenvalue weighted by atomic mass is 10.1. The van der Waals surface area contributed by atoms with Gasteiger partial charge in [-0.1, -0.05) is 18.2 Å². The summed E-state index contributed by atoms with van der Waals surface area (Å²) in [5.74, 6) is 0.934. The highest BCUT2D eigenvalue weighted by molar-refractivity contribution is 7.12. The molecule has 0 bridgehead atoms. The first-order valence-electron chi connectivity index (χ1n) is 6.57. The van der Waals surface area contributed by atoms with Gasteiger partial charge in [0.05, 0.1) is 7.11 Å². The highest BCUT2D eigenvalue weighted by Crippen LogP contribution is 2.19. The van der Waals surface area contributed by atoms with Crippen LogP contribution >= 0.6 is 11.3 Å². The number of para-hydroxylation sites is 1. The molecule has 0 spiro atoms. The molecule has 1 heterocycles. The van der Waals surface area contributed by atoms with Crippen LogP contribution in [0.25, 0.3) is 0 Å². The fourth-order valence-electron chi connectivity index (χ4n) is 2.08. The number of methoxy groups -OCH3 is 1. The summed E-state index contributed by atoms with van der Waals surface area (Å²) in [5, 5.41) is 12.3. The largest absolute Gasteiger partial charge is 0.496 e. The average molecular weight is 286 g/mol. The zero-order valence-electron chi connectivity index (χ0n) is 11.7. The Balaban J connectivity index is 1.89. The van der Waals surface area contributed by atoms with Crippen LogP contribution in [-0.2, 0) is 13.0 Å². The van der Waals surface area contributed by atoms with E-state index in [0.717, 1.165) is 23.6 Å². The first-order valence-corrected chi connectivity index (χ1v) is 7.38. The number of ether oxygens (including phenoxy) is 1. The molecule has 2 aromatic rings. The van der Waals surface area contributed by atoms with E-state index in [1.165, 1.54) is 10.4 Å². The van der Waals surface area contributed by atoms with Crippen LogP contribution in [0.1, 0.15) is 22.2 Å². The molecular weight excluding hydrogens is 268 g/mol. The first-order chi connectivity index (χ1) is 9.72. The monoisotopic (exact) mass is 286 g/mol. The van der Waals surface area contributed by atoms with Gasteiger partial charge in [-0.25, -0.2) is 0 Å². The predicted octanol–water partition coefficient (Wildman–Crippen LogP) is 3.35. The Morgan fingerprint density at radius 1 is 1.30 bits per heavy atom. The van der Waals surface area contributed by atoms with E-state index in [9.17, 15) is 0 Å². The number of nitrogens with zero attached hydrogens (tertiary/aromatic N) is 1. The Hall–Kier alpha value is -1.83. The van der Waals surface area contributed by atoms with Crippen LogP contribution in [-0.4, -0.2) is 13.2 Å². The summed E-state index contributed by atoms with van der Waals surface area (Å²) in [6.07, 6.45) is 0.917. The minimum absolute atomic E-state index is 0.346. The van der Waals surface area contributed by atoms with Crippen molar-refractivity contribution >= 4 is 11.3 Å². The third kappa shape index (κ3) is 3.83. The zero-order valence-corrected chi connectivity index (χ0v) is 12.5. The van der Waals surface area contributed by atoms with Crippen molar-refractivity contribution in [2.45, 2.75) is 25.9 Å². The van der Waals surface area contributed by atoms with Crippen molar-refractivity contribution < 1.29 is 4.74 Å². The van der Waals surface area contributed by atoms with Crippen LogP contribution < -0.4 is 10.1 Å². The molecule has 4 heteroatoms. The van der Waals surface area contributed by atoms with Gasteiger partial charge in [-0.2, -0.15) is 5.26 Å². The Kier molecular flexibility index (Phi) is 5.16. The van der Waals surface area contributed by atoms with Gasteiger partial charge in [0.15, 0.2) is 0 Å². The third-order valence-corrected chi connectivity index (χ3v) is 4.11. The predicted molar refractivity (Wildman–Crippen MR) is 82.0 cm³/mol.